The van der Waals surface area contributed by atoms with Crippen LogP contribution in [0.15, 0.2) is 0 Å². The van der Waals surface area contributed by atoms with E-state index in [9.17, 15) is 0 Å². The lowest BCUT2D eigenvalue weighted by molar-refractivity contribution is 0.172. The summed E-state index contributed by atoms with van der Waals surface area (Å²) in [4.78, 5) is 2.55. The Kier molecular flexibility index (Phi) is 4.26. The highest BCUT2D eigenvalue weighted by molar-refractivity contribution is 4.86. The number of hydrogen-bond acceptors (Lipinski definition) is 2. The molecule has 0 unspecified atom stereocenters. The fourth-order valence-electron chi connectivity index (χ4n) is 3.15. The van der Waals surface area contributed by atoms with Crippen LogP contribution in [-0.2, 0) is 0 Å². The highest BCUT2D eigenvalue weighted by Gasteiger charge is 2.32. The van der Waals surface area contributed by atoms with Crippen molar-refractivity contribution in [2.45, 2.75) is 57.9 Å². The molecule has 16 heavy (non-hydrogen) atoms. The second-order valence-corrected chi connectivity index (χ2v) is 6.03. The summed E-state index contributed by atoms with van der Waals surface area (Å²) in [6.45, 7) is 6.09. The lowest BCUT2D eigenvalue weighted by Gasteiger charge is -2.32. The fraction of sp³-hybridized carbons (Fsp3) is 1.00. The monoisotopic (exact) mass is 224 g/mol. The summed E-state index contributed by atoms with van der Waals surface area (Å²) in [7, 11) is 2.30. The van der Waals surface area contributed by atoms with Gasteiger partial charge in [0.1, 0.15) is 0 Å². The molecule has 0 bridgehead atoms. The second-order valence-electron chi connectivity index (χ2n) is 6.03. The number of hydrogen-bond donors (Lipinski definition) is 1. The fourth-order valence-corrected chi connectivity index (χ4v) is 3.15. The molecule has 0 aromatic heterocycles. The number of nitrogens with one attached hydrogen (secondary N) is 1. The first-order valence-electron chi connectivity index (χ1n) is 7.16. The maximum atomic E-state index is 3.60. The largest absolute Gasteiger partial charge is 0.313 e. The van der Waals surface area contributed by atoms with Gasteiger partial charge in [0.2, 0.25) is 0 Å². The van der Waals surface area contributed by atoms with Crippen molar-refractivity contribution in [2.75, 3.05) is 26.7 Å². The molecule has 2 rings (SSSR count). The lowest BCUT2D eigenvalue weighted by Crippen LogP contribution is -2.37. The van der Waals surface area contributed by atoms with E-state index < -0.39 is 0 Å². The van der Waals surface area contributed by atoms with Crippen molar-refractivity contribution in [1.29, 1.82) is 0 Å². The van der Waals surface area contributed by atoms with Gasteiger partial charge in [0, 0.05) is 25.7 Å². The zero-order chi connectivity index (χ0) is 11.4. The SMILES string of the molecule is CCC1(CN(C)CCNC2CC2)CCCC1. The molecule has 0 amide bonds. The Morgan fingerprint density at radius 1 is 1.25 bits per heavy atom. The van der Waals surface area contributed by atoms with Crippen molar-refractivity contribution >= 4 is 0 Å². The molecule has 2 fully saturated rings. The van der Waals surface area contributed by atoms with Crippen LogP contribution in [0.25, 0.3) is 0 Å². The Morgan fingerprint density at radius 3 is 2.50 bits per heavy atom. The molecule has 2 saturated carbocycles. The van der Waals surface area contributed by atoms with Crippen LogP contribution in [0, 0.1) is 5.41 Å². The molecule has 2 nitrogen and oxygen atoms in total. The highest BCUT2D eigenvalue weighted by atomic mass is 15.1. The van der Waals surface area contributed by atoms with Crippen LogP contribution in [0.3, 0.4) is 0 Å². The number of likely N-dealkylation sites (N-methyl/N-ethyl adjacent to an activating group) is 1. The first kappa shape index (κ1) is 12.4. The van der Waals surface area contributed by atoms with Crippen LogP contribution < -0.4 is 5.32 Å². The van der Waals surface area contributed by atoms with E-state index in [4.69, 9.17) is 0 Å². The molecule has 0 heterocycles. The molecule has 0 saturated heterocycles. The molecule has 0 spiro atoms. The second kappa shape index (κ2) is 5.50. The number of nitrogens with zero attached hydrogens (tertiary/aromatic N) is 1. The first-order chi connectivity index (χ1) is 7.74. The molecule has 0 atom stereocenters. The van der Waals surface area contributed by atoms with Crippen LogP contribution in [-0.4, -0.2) is 37.6 Å². The smallest absolute Gasteiger partial charge is 0.0104 e. The van der Waals surface area contributed by atoms with Crippen LogP contribution in [0.5, 0.6) is 0 Å². The standard InChI is InChI=1S/C14H28N2/c1-3-14(8-4-5-9-14)12-16(2)11-10-15-13-6-7-13/h13,15H,3-12H2,1-2H3. The van der Waals surface area contributed by atoms with Crippen LogP contribution in [0.2, 0.25) is 0 Å². The molecular weight excluding hydrogens is 196 g/mol. The Hall–Kier alpha value is -0.0800. The van der Waals surface area contributed by atoms with E-state index in [1.807, 2.05) is 0 Å². The average Bonchev–Trinajstić information content (AvgIpc) is 2.98. The summed E-state index contributed by atoms with van der Waals surface area (Å²) in [5.41, 5.74) is 0.661. The van der Waals surface area contributed by atoms with Crippen molar-refractivity contribution in [3.63, 3.8) is 0 Å². The summed E-state index contributed by atoms with van der Waals surface area (Å²) in [6, 6.07) is 0.861. The maximum Gasteiger partial charge on any atom is 0.0104 e. The van der Waals surface area contributed by atoms with E-state index >= 15 is 0 Å². The average molecular weight is 224 g/mol. The van der Waals surface area contributed by atoms with Crippen molar-refractivity contribution in [3.8, 4) is 0 Å². The molecule has 0 aliphatic heterocycles. The third-order valence-corrected chi connectivity index (χ3v) is 4.52. The van der Waals surface area contributed by atoms with Crippen molar-refractivity contribution in [3.05, 3.63) is 0 Å². The highest BCUT2D eigenvalue weighted by Crippen LogP contribution is 2.41. The van der Waals surface area contributed by atoms with E-state index in [-0.39, 0.29) is 0 Å². The molecule has 0 radical (unpaired) electrons. The summed E-state index contributed by atoms with van der Waals surface area (Å²) in [6.07, 6.45) is 10.0. The minimum Gasteiger partial charge on any atom is -0.313 e. The van der Waals surface area contributed by atoms with E-state index in [1.54, 1.807) is 0 Å². The molecule has 1 N–H and O–H groups in total. The minimum absolute atomic E-state index is 0.661. The van der Waals surface area contributed by atoms with Gasteiger partial charge in [0.05, 0.1) is 0 Å². The first-order valence-corrected chi connectivity index (χ1v) is 7.16. The van der Waals surface area contributed by atoms with Crippen molar-refractivity contribution in [2.24, 2.45) is 5.41 Å². The van der Waals surface area contributed by atoms with Gasteiger partial charge in [-0.15, -0.1) is 0 Å². The van der Waals surface area contributed by atoms with Gasteiger partial charge in [0.15, 0.2) is 0 Å². The Bertz CT molecular complexity index is 205. The Balaban J connectivity index is 1.65. The normalized spacial score (nSPS) is 24.2. The van der Waals surface area contributed by atoms with Crippen molar-refractivity contribution in [1.82, 2.24) is 10.2 Å². The zero-order valence-electron chi connectivity index (χ0n) is 11.1. The lowest BCUT2D eigenvalue weighted by atomic mass is 9.83. The maximum absolute atomic E-state index is 3.60. The summed E-state index contributed by atoms with van der Waals surface area (Å²) in [5, 5.41) is 3.60. The van der Waals surface area contributed by atoms with E-state index in [0.717, 1.165) is 6.04 Å². The molecule has 94 valence electrons. The summed E-state index contributed by atoms with van der Waals surface area (Å²) >= 11 is 0. The Morgan fingerprint density at radius 2 is 1.94 bits per heavy atom. The van der Waals surface area contributed by atoms with E-state index in [2.05, 4.69) is 24.2 Å². The molecule has 0 aromatic carbocycles. The molecular formula is C14H28N2. The van der Waals surface area contributed by atoms with Gasteiger partial charge >= 0.3 is 0 Å². The van der Waals surface area contributed by atoms with Crippen molar-refractivity contribution < 1.29 is 0 Å². The van der Waals surface area contributed by atoms with Gasteiger partial charge in [-0.2, -0.15) is 0 Å². The van der Waals surface area contributed by atoms with Gasteiger partial charge < -0.3 is 10.2 Å². The van der Waals surface area contributed by atoms with Crippen LogP contribution in [0.1, 0.15) is 51.9 Å². The molecule has 2 aliphatic carbocycles. The van der Waals surface area contributed by atoms with Crippen LogP contribution >= 0.6 is 0 Å². The summed E-state index contributed by atoms with van der Waals surface area (Å²) in [5.74, 6) is 0. The topological polar surface area (TPSA) is 15.3 Å². The third kappa shape index (κ3) is 3.46. The van der Waals surface area contributed by atoms with Crippen LogP contribution in [0.4, 0.5) is 0 Å². The van der Waals surface area contributed by atoms with Gasteiger partial charge in [-0.25, -0.2) is 0 Å². The quantitative estimate of drug-likeness (QED) is 0.715. The molecule has 0 aromatic rings. The summed E-state index contributed by atoms with van der Waals surface area (Å²) < 4.78 is 0. The van der Waals surface area contributed by atoms with E-state index in [0.29, 0.717) is 5.41 Å². The zero-order valence-corrected chi connectivity index (χ0v) is 11.1. The minimum atomic E-state index is 0.661. The van der Waals surface area contributed by atoms with Gasteiger partial charge in [-0.1, -0.05) is 19.8 Å². The predicted molar refractivity (Wildman–Crippen MR) is 69.7 cm³/mol. The van der Waals surface area contributed by atoms with Gasteiger partial charge in [0.25, 0.3) is 0 Å². The third-order valence-electron chi connectivity index (χ3n) is 4.52. The number of rotatable bonds is 7. The predicted octanol–water partition coefficient (Wildman–Crippen LogP) is 2.64. The van der Waals surface area contributed by atoms with Gasteiger partial charge in [-0.05, 0) is 44.6 Å². The Labute approximate surface area is 101 Å². The van der Waals surface area contributed by atoms with E-state index in [1.165, 1.54) is 64.6 Å². The van der Waals surface area contributed by atoms with Gasteiger partial charge in [-0.3, -0.25) is 0 Å². The molecule has 2 aliphatic rings. The molecule has 2 heteroatoms.